The molecule has 0 aromatic heterocycles. The highest BCUT2D eigenvalue weighted by Crippen LogP contribution is 2.76. The monoisotopic (exact) mass is 402 g/mol. The van der Waals surface area contributed by atoms with Gasteiger partial charge in [-0.2, -0.15) is 0 Å². The number of esters is 1. The average Bonchev–Trinajstić information content (AvgIpc) is 2.65. The summed E-state index contributed by atoms with van der Waals surface area (Å²) in [7, 11) is 0. The number of fused-ring (bicyclic) bond motifs is 1. The molecular weight excluding hydrogens is 368 g/mol. The Labute approximate surface area is 172 Å². The van der Waals surface area contributed by atoms with Crippen molar-refractivity contribution in [3.8, 4) is 0 Å². The number of cyclic esters (lactones) is 1. The summed E-state index contributed by atoms with van der Waals surface area (Å²) < 4.78 is 5.53. The maximum absolute atomic E-state index is 12.9. The van der Waals surface area contributed by atoms with Crippen LogP contribution in [0.2, 0.25) is 0 Å². The molecule has 1 saturated heterocycles. The highest BCUT2D eigenvalue weighted by Gasteiger charge is 2.73. The van der Waals surface area contributed by atoms with Crippen molar-refractivity contribution in [2.24, 2.45) is 45.3 Å². The second-order valence-corrected chi connectivity index (χ2v) is 11.5. The Morgan fingerprint density at radius 2 is 1.90 bits per heavy atom. The predicted octanol–water partition coefficient (Wildman–Crippen LogP) is 4.15. The Bertz CT molecular complexity index is 816. The van der Waals surface area contributed by atoms with Gasteiger partial charge in [-0.3, -0.25) is 9.59 Å². The molecule has 7 unspecified atom stereocenters. The minimum atomic E-state index is -1.09. The first kappa shape index (κ1) is 19.6. The number of ether oxygens (including phenoxy) is 1. The molecule has 0 aromatic carbocycles. The maximum atomic E-state index is 12.9. The number of carbonyl (C=O) groups excluding carboxylic acids is 1. The zero-order chi connectivity index (χ0) is 21.0. The number of aliphatic hydroxyl groups is 1. The zero-order valence-electron chi connectivity index (χ0n) is 18.0. The van der Waals surface area contributed by atoms with E-state index in [1.165, 1.54) is 5.57 Å². The Morgan fingerprint density at radius 1 is 1.17 bits per heavy atom. The lowest BCUT2D eigenvalue weighted by atomic mass is 9.33. The highest BCUT2D eigenvalue weighted by molar-refractivity contribution is 5.77. The molecule has 160 valence electrons. The molecule has 6 rings (SSSR count). The van der Waals surface area contributed by atoms with E-state index in [1.807, 2.05) is 6.92 Å². The van der Waals surface area contributed by atoms with Crippen LogP contribution in [0.15, 0.2) is 11.6 Å². The second kappa shape index (κ2) is 5.66. The fourth-order valence-corrected chi connectivity index (χ4v) is 8.89. The number of aliphatic carboxylic acids is 1. The molecule has 0 aromatic rings. The van der Waals surface area contributed by atoms with Crippen molar-refractivity contribution in [2.45, 2.75) is 78.9 Å². The molecule has 29 heavy (non-hydrogen) atoms. The molecule has 2 spiro atoms. The Kier molecular flexibility index (Phi) is 3.82. The van der Waals surface area contributed by atoms with Gasteiger partial charge in [-0.15, -0.1) is 0 Å². The average molecular weight is 403 g/mol. The van der Waals surface area contributed by atoms with Gasteiger partial charge in [0, 0.05) is 5.41 Å². The molecule has 3 saturated carbocycles. The first-order chi connectivity index (χ1) is 13.5. The van der Waals surface area contributed by atoms with E-state index >= 15 is 0 Å². The lowest BCUT2D eigenvalue weighted by molar-refractivity contribution is -0.271. The summed E-state index contributed by atoms with van der Waals surface area (Å²) in [5, 5.41) is 21.1. The Balaban J connectivity index is 1.69. The molecule has 2 N–H and O–H groups in total. The smallest absolute Gasteiger partial charge is 0.312 e. The zero-order valence-corrected chi connectivity index (χ0v) is 18.0. The van der Waals surface area contributed by atoms with Crippen LogP contribution in [-0.4, -0.2) is 28.4 Å². The molecule has 8 atom stereocenters. The quantitative estimate of drug-likeness (QED) is 0.535. The highest BCUT2D eigenvalue weighted by atomic mass is 16.6. The first-order valence-electron chi connectivity index (χ1n) is 11.4. The van der Waals surface area contributed by atoms with Crippen LogP contribution >= 0.6 is 0 Å². The van der Waals surface area contributed by atoms with Crippen LogP contribution in [-0.2, 0) is 14.3 Å². The molecule has 3 bridgehead atoms. The normalized spacial score (nSPS) is 53.0. The topological polar surface area (TPSA) is 83.8 Å². The molecule has 5 nitrogen and oxygen atoms in total. The first-order valence-corrected chi connectivity index (χ1v) is 11.4. The van der Waals surface area contributed by atoms with Crippen molar-refractivity contribution in [1.29, 1.82) is 0 Å². The van der Waals surface area contributed by atoms with E-state index in [0.29, 0.717) is 12.3 Å². The van der Waals surface area contributed by atoms with Crippen LogP contribution in [0.25, 0.3) is 0 Å². The third kappa shape index (κ3) is 2.11. The van der Waals surface area contributed by atoms with Gasteiger partial charge in [0.15, 0.2) is 0 Å². The second-order valence-electron chi connectivity index (χ2n) is 11.5. The summed E-state index contributed by atoms with van der Waals surface area (Å²) in [5.74, 6) is -0.518. The molecular formula is C24H34O5. The molecule has 6 aliphatic rings. The van der Waals surface area contributed by atoms with Crippen LogP contribution in [0.1, 0.15) is 72.6 Å². The van der Waals surface area contributed by atoms with E-state index in [0.717, 1.165) is 38.5 Å². The largest absolute Gasteiger partial charge is 0.481 e. The van der Waals surface area contributed by atoms with Crippen molar-refractivity contribution >= 4 is 11.9 Å². The molecule has 0 amide bonds. The number of hydrogen-bond acceptors (Lipinski definition) is 4. The van der Waals surface area contributed by atoms with Crippen LogP contribution in [0.3, 0.4) is 0 Å². The van der Waals surface area contributed by atoms with Crippen molar-refractivity contribution in [3.05, 3.63) is 11.6 Å². The van der Waals surface area contributed by atoms with Crippen molar-refractivity contribution in [3.63, 3.8) is 0 Å². The summed E-state index contributed by atoms with van der Waals surface area (Å²) >= 11 is 0. The number of carboxylic acids is 1. The van der Waals surface area contributed by atoms with Gasteiger partial charge in [0.05, 0.1) is 16.7 Å². The van der Waals surface area contributed by atoms with Gasteiger partial charge in [-0.05, 0) is 68.6 Å². The minimum absolute atomic E-state index is 0.109. The van der Waals surface area contributed by atoms with Crippen LogP contribution in [0.4, 0.5) is 0 Å². The van der Waals surface area contributed by atoms with E-state index in [4.69, 9.17) is 4.74 Å². The van der Waals surface area contributed by atoms with Crippen LogP contribution in [0.5, 0.6) is 0 Å². The lowest BCUT2D eigenvalue weighted by Crippen LogP contribution is -2.69. The summed E-state index contributed by atoms with van der Waals surface area (Å²) in [5.41, 5.74) is -0.336. The predicted molar refractivity (Wildman–Crippen MR) is 107 cm³/mol. The number of hydrogen-bond donors (Lipinski definition) is 2. The molecule has 4 fully saturated rings. The third-order valence-electron chi connectivity index (χ3n) is 10.2. The van der Waals surface area contributed by atoms with Crippen LogP contribution < -0.4 is 0 Å². The number of rotatable bonds is 2. The van der Waals surface area contributed by atoms with Gasteiger partial charge in [0.1, 0.15) is 0 Å². The molecule has 5 heteroatoms. The number of allylic oxidation sites excluding steroid dienone is 1. The SMILES string of the molecule is CC(C)C1=CC23CCC4C(C)(C(=O)O)CCCC4(C)C2CC12CC3C(=O)O[C@H]2O. The number of aliphatic hydroxyl groups excluding tert-OH is 1. The van der Waals surface area contributed by atoms with Crippen molar-refractivity contribution < 1.29 is 24.5 Å². The van der Waals surface area contributed by atoms with E-state index in [-0.39, 0.29) is 34.6 Å². The summed E-state index contributed by atoms with van der Waals surface area (Å²) in [6.45, 7) is 8.56. The van der Waals surface area contributed by atoms with E-state index in [2.05, 4.69) is 26.8 Å². The fourth-order valence-electron chi connectivity index (χ4n) is 8.89. The molecule has 1 aliphatic heterocycles. The van der Waals surface area contributed by atoms with Gasteiger partial charge in [-0.1, -0.05) is 38.8 Å². The fraction of sp³-hybridized carbons (Fsp3) is 0.833. The van der Waals surface area contributed by atoms with Crippen molar-refractivity contribution in [2.75, 3.05) is 0 Å². The summed E-state index contributed by atoms with van der Waals surface area (Å²) in [4.78, 5) is 25.2. The van der Waals surface area contributed by atoms with E-state index < -0.39 is 23.1 Å². The van der Waals surface area contributed by atoms with Gasteiger partial charge < -0.3 is 14.9 Å². The summed E-state index contributed by atoms with van der Waals surface area (Å²) in [6, 6.07) is 0. The number of carboxylic acid groups (broad SMARTS) is 1. The molecule has 1 heterocycles. The Morgan fingerprint density at radius 3 is 2.55 bits per heavy atom. The van der Waals surface area contributed by atoms with E-state index in [1.54, 1.807) is 0 Å². The molecule has 5 aliphatic carbocycles. The maximum Gasteiger partial charge on any atom is 0.312 e. The number of carbonyl (C=O) groups is 2. The van der Waals surface area contributed by atoms with Gasteiger partial charge in [0.2, 0.25) is 6.29 Å². The van der Waals surface area contributed by atoms with Gasteiger partial charge in [0.25, 0.3) is 0 Å². The standard InChI is InChI=1S/C24H34O5/c1-13(2)14-10-23-9-6-16-21(3,7-5-8-22(16,4)19(26)27)17(23)12-24(14)11-15(23)18(25)29-20(24)28/h10,13,15-17,20,28H,5-9,11-12H2,1-4H3,(H,26,27)/t15?,16?,17?,20-,21?,22?,23?,24?/m1/s1. The third-order valence-corrected chi connectivity index (χ3v) is 10.2. The molecule has 0 radical (unpaired) electrons. The summed E-state index contributed by atoms with van der Waals surface area (Å²) in [6.07, 6.45) is 7.12. The van der Waals surface area contributed by atoms with Gasteiger partial charge >= 0.3 is 11.9 Å². The van der Waals surface area contributed by atoms with Crippen LogP contribution in [0, 0.1) is 45.3 Å². The minimum Gasteiger partial charge on any atom is -0.481 e. The van der Waals surface area contributed by atoms with E-state index in [9.17, 15) is 19.8 Å². The lowest BCUT2D eigenvalue weighted by Gasteiger charge is -2.71. The van der Waals surface area contributed by atoms with Crippen molar-refractivity contribution in [1.82, 2.24) is 0 Å². The van der Waals surface area contributed by atoms with Gasteiger partial charge in [-0.25, -0.2) is 0 Å². The Hall–Kier alpha value is -1.36.